The molecular formula is C23H26N2O4. The second kappa shape index (κ2) is 8.47. The average molecular weight is 394 g/mol. The first-order valence-electron chi connectivity index (χ1n) is 9.71. The van der Waals surface area contributed by atoms with Gasteiger partial charge >= 0.3 is 5.97 Å². The van der Waals surface area contributed by atoms with E-state index in [1.165, 1.54) is 6.92 Å². The number of benzene rings is 2. The van der Waals surface area contributed by atoms with E-state index in [0.717, 1.165) is 22.4 Å². The molecule has 1 aliphatic rings. The van der Waals surface area contributed by atoms with Crippen LogP contribution < -0.4 is 10.2 Å². The number of anilines is 2. The molecule has 2 amide bonds. The summed E-state index contributed by atoms with van der Waals surface area (Å²) >= 11 is 0. The van der Waals surface area contributed by atoms with Crippen molar-refractivity contribution >= 4 is 29.2 Å². The first-order chi connectivity index (χ1) is 13.8. The molecule has 2 aromatic carbocycles. The highest BCUT2D eigenvalue weighted by Crippen LogP contribution is 2.30. The lowest BCUT2D eigenvalue weighted by molar-refractivity contribution is -0.157. The number of amides is 2. The van der Waals surface area contributed by atoms with Crippen LogP contribution in [0.1, 0.15) is 30.0 Å². The number of ether oxygens (including phenoxy) is 1. The molecule has 0 aromatic heterocycles. The monoisotopic (exact) mass is 394 g/mol. The van der Waals surface area contributed by atoms with Crippen molar-refractivity contribution in [2.45, 2.75) is 40.2 Å². The van der Waals surface area contributed by atoms with Crippen molar-refractivity contribution in [3.8, 4) is 0 Å². The van der Waals surface area contributed by atoms with Crippen LogP contribution in [0, 0.1) is 26.7 Å². The van der Waals surface area contributed by atoms with E-state index in [-0.39, 0.29) is 18.9 Å². The third-order valence-corrected chi connectivity index (χ3v) is 5.31. The summed E-state index contributed by atoms with van der Waals surface area (Å²) in [5.74, 6) is -1.63. The van der Waals surface area contributed by atoms with E-state index in [0.29, 0.717) is 5.69 Å². The van der Waals surface area contributed by atoms with E-state index in [9.17, 15) is 14.4 Å². The third-order valence-electron chi connectivity index (χ3n) is 5.31. The van der Waals surface area contributed by atoms with Gasteiger partial charge in [0.2, 0.25) is 5.91 Å². The van der Waals surface area contributed by atoms with E-state index >= 15 is 0 Å². The van der Waals surface area contributed by atoms with Crippen LogP contribution in [0.5, 0.6) is 0 Å². The Bertz CT molecular complexity index is 936. The van der Waals surface area contributed by atoms with Gasteiger partial charge in [-0.05, 0) is 57.0 Å². The molecule has 1 saturated heterocycles. The SMILES string of the molecule is Cc1ccc(NC(=O)[C@H](C)OC(=O)[C@H]2CC(=O)N(c3cccc(C)c3C)C2)cc1. The van der Waals surface area contributed by atoms with E-state index in [2.05, 4.69) is 5.32 Å². The molecule has 1 aliphatic heterocycles. The molecule has 0 unspecified atom stereocenters. The van der Waals surface area contributed by atoms with Crippen LogP contribution in [-0.4, -0.2) is 30.4 Å². The molecular weight excluding hydrogens is 368 g/mol. The highest BCUT2D eigenvalue weighted by molar-refractivity contribution is 6.01. The predicted molar refractivity (Wildman–Crippen MR) is 112 cm³/mol. The minimum atomic E-state index is -0.950. The fourth-order valence-electron chi connectivity index (χ4n) is 3.33. The Kier molecular flexibility index (Phi) is 6.01. The molecule has 0 aliphatic carbocycles. The minimum Gasteiger partial charge on any atom is -0.452 e. The minimum absolute atomic E-state index is 0.0819. The molecule has 6 heteroatoms. The highest BCUT2D eigenvalue weighted by atomic mass is 16.5. The van der Waals surface area contributed by atoms with Crippen molar-refractivity contribution in [1.82, 2.24) is 0 Å². The molecule has 6 nitrogen and oxygen atoms in total. The largest absolute Gasteiger partial charge is 0.452 e. The number of rotatable bonds is 5. The topological polar surface area (TPSA) is 75.7 Å². The van der Waals surface area contributed by atoms with Crippen molar-refractivity contribution < 1.29 is 19.1 Å². The number of nitrogens with one attached hydrogen (secondary N) is 1. The number of hydrogen-bond acceptors (Lipinski definition) is 4. The first-order valence-corrected chi connectivity index (χ1v) is 9.71. The number of esters is 1. The number of carbonyl (C=O) groups is 3. The lowest BCUT2D eigenvalue weighted by atomic mass is 10.1. The van der Waals surface area contributed by atoms with Crippen LogP contribution in [0.15, 0.2) is 42.5 Å². The van der Waals surface area contributed by atoms with Gasteiger partial charge in [0.15, 0.2) is 6.10 Å². The summed E-state index contributed by atoms with van der Waals surface area (Å²) in [6.45, 7) is 7.69. The van der Waals surface area contributed by atoms with Crippen molar-refractivity contribution in [3.63, 3.8) is 0 Å². The van der Waals surface area contributed by atoms with Crippen LogP contribution in [0.4, 0.5) is 11.4 Å². The zero-order valence-corrected chi connectivity index (χ0v) is 17.2. The highest BCUT2D eigenvalue weighted by Gasteiger charge is 2.37. The van der Waals surface area contributed by atoms with Crippen molar-refractivity contribution in [2.75, 3.05) is 16.8 Å². The Labute approximate surface area is 170 Å². The fraction of sp³-hybridized carbons (Fsp3) is 0.348. The van der Waals surface area contributed by atoms with Gasteiger partial charge in [0, 0.05) is 24.3 Å². The van der Waals surface area contributed by atoms with Gasteiger partial charge in [-0.15, -0.1) is 0 Å². The van der Waals surface area contributed by atoms with Crippen LogP contribution in [0.3, 0.4) is 0 Å². The molecule has 2 aromatic rings. The van der Waals surface area contributed by atoms with E-state index in [4.69, 9.17) is 4.74 Å². The molecule has 1 heterocycles. The summed E-state index contributed by atoms with van der Waals surface area (Å²) in [5.41, 5.74) is 4.64. The average Bonchev–Trinajstić information content (AvgIpc) is 3.07. The predicted octanol–water partition coefficient (Wildman–Crippen LogP) is 3.54. The van der Waals surface area contributed by atoms with E-state index in [1.807, 2.05) is 51.1 Å². The van der Waals surface area contributed by atoms with Gasteiger partial charge in [-0.2, -0.15) is 0 Å². The van der Waals surface area contributed by atoms with Crippen molar-refractivity contribution in [1.29, 1.82) is 0 Å². The summed E-state index contributed by atoms with van der Waals surface area (Å²) in [7, 11) is 0. The van der Waals surface area contributed by atoms with E-state index in [1.54, 1.807) is 17.0 Å². The molecule has 1 fully saturated rings. The molecule has 29 heavy (non-hydrogen) atoms. The summed E-state index contributed by atoms with van der Waals surface area (Å²) in [6.07, 6.45) is -0.868. The second-order valence-corrected chi connectivity index (χ2v) is 7.56. The molecule has 0 saturated carbocycles. The fourth-order valence-corrected chi connectivity index (χ4v) is 3.33. The number of aryl methyl sites for hydroxylation is 2. The first kappa shape index (κ1) is 20.6. The standard InChI is InChI=1S/C23H26N2O4/c1-14-8-10-19(11-9-14)24-22(27)17(4)29-23(28)18-12-21(26)25(13-18)20-7-5-6-15(2)16(20)3/h5-11,17-18H,12-13H2,1-4H3,(H,24,27)/t17-,18-/m0/s1. The summed E-state index contributed by atoms with van der Waals surface area (Å²) in [5, 5.41) is 2.73. The van der Waals surface area contributed by atoms with Gasteiger partial charge in [0.05, 0.1) is 5.92 Å². The quantitative estimate of drug-likeness (QED) is 0.787. The third kappa shape index (κ3) is 4.65. The normalized spacial score (nSPS) is 17.2. The smallest absolute Gasteiger partial charge is 0.312 e. The molecule has 0 bridgehead atoms. The summed E-state index contributed by atoms with van der Waals surface area (Å²) in [4.78, 5) is 39.0. The van der Waals surface area contributed by atoms with Gasteiger partial charge in [0.25, 0.3) is 5.91 Å². The Morgan fingerprint density at radius 3 is 2.48 bits per heavy atom. The maximum absolute atomic E-state index is 12.6. The van der Waals surface area contributed by atoms with E-state index < -0.39 is 23.9 Å². The Balaban J connectivity index is 1.60. The zero-order valence-electron chi connectivity index (χ0n) is 17.2. The van der Waals surface area contributed by atoms with Crippen LogP contribution in [0.25, 0.3) is 0 Å². The van der Waals surface area contributed by atoms with Crippen molar-refractivity contribution in [2.24, 2.45) is 5.92 Å². The summed E-state index contributed by atoms with van der Waals surface area (Å²) in [6, 6.07) is 13.1. The lowest BCUT2D eigenvalue weighted by Crippen LogP contribution is -2.33. The number of carbonyl (C=O) groups excluding carboxylic acids is 3. The van der Waals surface area contributed by atoms with Gasteiger partial charge in [0.1, 0.15) is 0 Å². The Morgan fingerprint density at radius 1 is 1.10 bits per heavy atom. The van der Waals surface area contributed by atoms with Gasteiger partial charge in [-0.3, -0.25) is 14.4 Å². The summed E-state index contributed by atoms with van der Waals surface area (Å²) < 4.78 is 5.35. The Morgan fingerprint density at radius 2 is 1.79 bits per heavy atom. The van der Waals surface area contributed by atoms with Gasteiger partial charge in [-0.25, -0.2) is 0 Å². The van der Waals surface area contributed by atoms with Gasteiger partial charge < -0.3 is 15.0 Å². The molecule has 3 rings (SSSR count). The number of hydrogen-bond donors (Lipinski definition) is 1. The zero-order chi connectivity index (χ0) is 21.1. The van der Waals surface area contributed by atoms with Crippen LogP contribution in [0.2, 0.25) is 0 Å². The molecule has 1 N–H and O–H groups in total. The van der Waals surface area contributed by atoms with Crippen molar-refractivity contribution in [3.05, 3.63) is 59.2 Å². The van der Waals surface area contributed by atoms with Crippen LogP contribution >= 0.6 is 0 Å². The molecule has 152 valence electrons. The molecule has 0 spiro atoms. The second-order valence-electron chi connectivity index (χ2n) is 7.56. The van der Waals surface area contributed by atoms with Gasteiger partial charge in [-0.1, -0.05) is 29.8 Å². The maximum Gasteiger partial charge on any atom is 0.312 e. The maximum atomic E-state index is 12.6. The molecule has 0 radical (unpaired) electrons. The molecule has 2 atom stereocenters. The Hall–Kier alpha value is -3.15. The lowest BCUT2D eigenvalue weighted by Gasteiger charge is -2.20. The number of nitrogens with zero attached hydrogens (tertiary/aromatic N) is 1. The van der Waals surface area contributed by atoms with Crippen LogP contribution in [-0.2, 0) is 19.1 Å².